The molecule has 0 heterocycles. The molecule has 0 aromatic rings. The summed E-state index contributed by atoms with van der Waals surface area (Å²) in [5, 5.41) is 17.0. The van der Waals surface area contributed by atoms with Crippen LogP contribution in [0.4, 0.5) is 57.1 Å². The molecule has 0 amide bonds. The zero-order chi connectivity index (χ0) is 23.7. The van der Waals surface area contributed by atoms with Gasteiger partial charge in [-0.3, -0.25) is 0 Å². The van der Waals surface area contributed by atoms with Crippen molar-refractivity contribution in [1.29, 1.82) is 0 Å². The number of carbonyl (C=O) groups is 1. The first-order chi connectivity index (χ1) is 12.6. The molecule has 0 aliphatic heterocycles. The Morgan fingerprint density at radius 1 is 0.690 bits per heavy atom. The fourth-order valence-electron chi connectivity index (χ4n) is 1.76. The maximum absolute atomic E-state index is 13.6. The number of aliphatic hydroxyl groups excluding tert-OH is 1. The van der Waals surface area contributed by atoms with Crippen molar-refractivity contribution >= 4 is 5.97 Å². The van der Waals surface area contributed by atoms with E-state index in [1.165, 1.54) is 0 Å². The molecule has 29 heavy (non-hydrogen) atoms. The van der Waals surface area contributed by atoms with E-state index in [1.54, 1.807) is 0 Å². The van der Waals surface area contributed by atoms with Crippen LogP contribution in [0, 0.1) is 0 Å². The first kappa shape index (κ1) is 27.3. The van der Waals surface area contributed by atoms with E-state index < -0.39 is 72.9 Å². The molecule has 0 radical (unpaired) electrons. The Labute approximate surface area is 152 Å². The summed E-state index contributed by atoms with van der Waals surface area (Å²) in [5.41, 5.74) is -1.76. The fraction of sp³-hybridized carbons (Fsp3) is 0.769. The summed E-state index contributed by atoms with van der Waals surface area (Å²) in [7, 11) is 0. The predicted molar refractivity (Wildman–Crippen MR) is 67.4 cm³/mol. The Kier molecular flexibility index (Phi) is 7.69. The summed E-state index contributed by atoms with van der Waals surface area (Å²) in [6.07, 6.45) is -10.8. The maximum Gasteiger partial charge on any atom is 0.460 e. The average molecular weight is 462 g/mol. The molecule has 0 atom stereocenters. The standard InChI is InChI=1S/C13H11F13O3/c14-8(15,5-6(7(28)29)3-1-2-4-27)9(16,17)10(18,19)11(20,21)12(22,23)13(24,25)26/h5,27H,1-4H2,(H,28,29). The highest BCUT2D eigenvalue weighted by Crippen LogP contribution is 2.60. The Bertz CT molecular complexity index is 622. The van der Waals surface area contributed by atoms with Crippen LogP contribution in [0.25, 0.3) is 0 Å². The summed E-state index contributed by atoms with van der Waals surface area (Å²) in [4.78, 5) is 10.7. The lowest BCUT2D eigenvalue weighted by Crippen LogP contribution is -2.69. The second kappa shape index (κ2) is 8.18. The Balaban J connectivity index is 6.34. The lowest BCUT2D eigenvalue weighted by Gasteiger charge is -2.39. The molecular formula is C13H11F13O3. The molecule has 172 valence electrons. The number of hydrogen-bond donors (Lipinski definition) is 2. The van der Waals surface area contributed by atoms with Crippen LogP contribution in [0.2, 0.25) is 0 Å². The van der Waals surface area contributed by atoms with Crippen molar-refractivity contribution in [2.24, 2.45) is 0 Å². The van der Waals surface area contributed by atoms with Gasteiger partial charge in [0.05, 0.1) is 0 Å². The molecule has 0 spiro atoms. The van der Waals surface area contributed by atoms with E-state index in [9.17, 15) is 61.9 Å². The van der Waals surface area contributed by atoms with Gasteiger partial charge in [0.2, 0.25) is 0 Å². The topological polar surface area (TPSA) is 57.5 Å². The average Bonchev–Trinajstić information content (AvgIpc) is 2.51. The highest BCUT2D eigenvalue weighted by atomic mass is 19.4. The quantitative estimate of drug-likeness (QED) is 0.276. The molecule has 3 nitrogen and oxygen atoms in total. The minimum absolute atomic E-state index is 0.293. The third-order valence-electron chi connectivity index (χ3n) is 3.44. The SMILES string of the molecule is O=C(O)C(=CC(F)(F)C(F)(F)C(F)(F)C(F)(F)C(F)(F)C(F)(F)F)CCCCO. The van der Waals surface area contributed by atoms with E-state index in [-0.39, 0.29) is 6.42 Å². The molecule has 0 aliphatic carbocycles. The van der Waals surface area contributed by atoms with Crippen LogP contribution in [0.3, 0.4) is 0 Å². The van der Waals surface area contributed by atoms with Crippen LogP contribution in [0.1, 0.15) is 19.3 Å². The molecule has 0 aromatic carbocycles. The van der Waals surface area contributed by atoms with E-state index in [1.807, 2.05) is 0 Å². The van der Waals surface area contributed by atoms with E-state index in [0.717, 1.165) is 0 Å². The summed E-state index contributed by atoms with van der Waals surface area (Å²) >= 11 is 0. The zero-order valence-electron chi connectivity index (χ0n) is 13.6. The van der Waals surface area contributed by atoms with E-state index in [4.69, 9.17) is 10.2 Å². The number of halogens is 13. The Hall–Kier alpha value is -1.74. The molecule has 0 aromatic heterocycles. The van der Waals surface area contributed by atoms with Gasteiger partial charge in [-0.2, -0.15) is 57.1 Å². The zero-order valence-corrected chi connectivity index (χ0v) is 13.6. The number of aliphatic carboxylic acids is 1. The number of carboxylic acids is 1. The van der Waals surface area contributed by atoms with E-state index in [0.29, 0.717) is 0 Å². The molecule has 0 unspecified atom stereocenters. The molecule has 0 saturated carbocycles. The smallest absolute Gasteiger partial charge is 0.460 e. The highest BCUT2D eigenvalue weighted by molar-refractivity contribution is 5.86. The normalized spacial score (nSPS) is 15.6. The number of alkyl halides is 13. The molecule has 0 aliphatic rings. The molecular weight excluding hydrogens is 451 g/mol. The lowest BCUT2D eigenvalue weighted by molar-refractivity contribution is -0.436. The molecule has 0 bridgehead atoms. The summed E-state index contributed by atoms with van der Waals surface area (Å²) in [6.45, 7) is -0.643. The number of unbranched alkanes of at least 4 members (excludes halogenated alkanes) is 1. The van der Waals surface area contributed by atoms with Gasteiger partial charge >= 0.3 is 41.8 Å². The molecule has 0 rings (SSSR count). The van der Waals surface area contributed by atoms with Crippen molar-refractivity contribution in [3.8, 4) is 0 Å². The maximum atomic E-state index is 13.6. The van der Waals surface area contributed by atoms with Gasteiger partial charge in [0.15, 0.2) is 0 Å². The third-order valence-corrected chi connectivity index (χ3v) is 3.44. The Morgan fingerprint density at radius 3 is 1.45 bits per heavy atom. The van der Waals surface area contributed by atoms with Crippen LogP contribution in [-0.2, 0) is 4.79 Å². The predicted octanol–water partition coefficient (Wildman–Crippen LogP) is 4.90. The van der Waals surface area contributed by atoms with Crippen molar-refractivity contribution in [2.45, 2.75) is 55.1 Å². The van der Waals surface area contributed by atoms with Gasteiger partial charge in [0, 0.05) is 18.3 Å². The number of rotatable bonds is 10. The third kappa shape index (κ3) is 4.71. The largest absolute Gasteiger partial charge is 0.478 e. The lowest BCUT2D eigenvalue weighted by atomic mass is 9.92. The number of allylic oxidation sites excluding steroid dienone is 1. The van der Waals surface area contributed by atoms with Crippen LogP contribution in [0.5, 0.6) is 0 Å². The van der Waals surface area contributed by atoms with Crippen molar-refractivity contribution in [3.63, 3.8) is 0 Å². The molecule has 0 saturated heterocycles. The highest BCUT2D eigenvalue weighted by Gasteiger charge is 2.90. The minimum Gasteiger partial charge on any atom is -0.478 e. The summed E-state index contributed by atoms with van der Waals surface area (Å²) in [6, 6.07) is 0. The van der Waals surface area contributed by atoms with Crippen molar-refractivity contribution in [3.05, 3.63) is 11.6 Å². The van der Waals surface area contributed by atoms with Crippen LogP contribution in [-0.4, -0.2) is 58.6 Å². The van der Waals surface area contributed by atoms with Gasteiger partial charge in [-0.15, -0.1) is 0 Å². The van der Waals surface area contributed by atoms with Gasteiger partial charge in [0.1, 0.15) is 0 Å². The van der Waals surface area contributed by atoms with Crippen molar-refractivity contribution < 1.29 is 72.1 Å². The van der Waals surface area contributed by atoms with E-state index in [2.05, 4.69) is 0 Å². The van der Waals surface area contributed by atoms with Crippen LogP contribution >= 0.6 is 0 Å². The number of hydrogen-bond acceptors (Lipinski definition) is 2. The van der Waals surface area contributed by atoms with E-state index >= 15 is 0 Å². The fourth-order valence-corrected chi connectivity index (χ4v) is 1.76. The van der Waals surface area contributed by atoms with Gasteiger partial charge in [-0.05, 0) is 19.3 Å². The summed E-state index contributed by atoms with van der Waals surface area (Å²) < 4.78 is 168. The number of aliphatic hydroxyl groups is 1. The van der Waals surface area contributed by atoms with Crippen molar-refractivity contribution in [1.82, 2.24) is 0 Å². The van der Waals surface area contributed by atoms with Gasteiger partial charge in [0.25, 0.3) is 0 Å². The second-order valence-electron chi connectivity index (χ2n) is 5.57. The number of carboxylic acid groups (broad SMARTS) is 1. The Morgan fingerprint density at radius 2 is 1.10 bits per heavy atom. The van der Waals surface area contributed by atoms with Gasteiger partial charge < -0.3 is 10.2 Å². The first-order valence-corrected chi connectivity index (χ1v) is 7.13. The van der Waals surface area contributed by atoms with Crippen LogP contribution in [0.15, 0.2) is 11.6 Å². The van der Waals surface area contributed by atoms with Crippen molar-refractivity contribution in [2.75, 3.05) is 6.61 Å². The second-order valence-corrected chi connectivity index (χ2v) is 5.57. The minimum atomic E-state index is -8.04. The molecule has 0 fully saturated rings. The van der Waals surface area contributed by atoms with Gasteiger partial charge in [-0.25, -0.2) is 4.79 Å². The monoisotopic (exact) mass is 462 g/mol. The van der Waals surface area contributed by atoms with Crippen LogP contribution < -0.4 is 0 Å². The first-order valence-electron chi connectivity index (χ1n) is 7.13. The van der Waals surface area contributed by atoms with Gasteiger partial charge in [-0.1, -0.05) is 0 Å². The summed E-state index contributed by atoms with van der Waals surface area (Å²) in [5.74, 6) is -40.4. The molecule has 16 heteroatoms. The molecule has 2 N–H and O–H groups in total.